The maximum Gasteiger partial charge on any atom is 0.107 e. The van der Waals surface area contributed by atoms with Crippen LogP contribution >= 0.6 is 11.3 Å². The van der Waals surface area contributed by atoms with Crippen molar-refractivity contribution >= 4 is 11.3 Å². The van der Waals surface area contributed by atoms with Gasteiger partial charge in [-0.15, -0.1) is 17.9 Å². The minimum absolute atomic E-state index is 0.534. The molecule has 0 bridgehead atoms. The van der Waals surface area contributed by atoms with Crippen LogP contribution in [0.15, 0.2) is 18.0 Å². The van der Waals surface area contributed by atoms with Crippen LogP contribution in [0.5, 0.6) is 0 Å². The SMILES string of the molecule is C=CCC(CC)CCNCc1nc(C(C)C)cs1. The Labute approximate surface area is 116 Å². The lowest BCUT2D eigenvalue weighted by Gasteiger charge is -2.12. The van der Waals surface area contributed by atoms with Gasteiger partial charge >= 0.3 is 0 Å². The van der Waals surface area contributed by atoms with Gasteiger partial charge in [-0.25, -0.2) is 4.98 Å². The van der Waals surface area contributed by atoms with Crippen molar-refractivity contribution in [2.45, 2.75) is 52.5 Å². The monoisotopic (exact) mass is 266 g/mol. The molecular weight excluding hydrogens is 240 g/mol. The van der Waals surface area contributed by atoms with Gasteiger partial charge in [-0.05, 0) is 31.2 Å². The Morgan fingerprint density at radius 1 is 1.50 bits per heavy atom. The maximum absolute atomic E-state index is 4.62. The van der Waals surface area contributed by atoms with Gasteiger partial charge in [0.15, 0.2) is 0 Å². The van der Waals surface area contributed by atoms with Crippen LogP contribution in [0.4, 0.5) is 0 Å². The lowest BCUT2D eigenvalue weighted by molar-refractivity contribution is 0.455. The Morgan fingerprint density at radius 2 is 2.28 bits per heavy atom. The van der Waals surface area contributed by atoms with Gasteiger partial charge in [0.25, 0.3) is 0 Å². The van der Waals surface area contributed by atoms with Gasteiger partial charge in [0.1, 0.15) is 5.01 Å². The molecule has 0 spiro atoms. The number of hydrogen-bond donors (Lipinski definition) is 1. The summed E-state index contributed by atoms with van der Waals surface area (Å²) in [6.07, 6.45) is 5.63. The molecule has 102 valence electrons. The van der Waals surface area contributed by atoms with Crippen molar-refractivity contribution in [3.8, 4) is 0 Å². The molecule has 0 radical (unpaired) electrons. The Bertz CT molecular complexity index is 344. The van der Waals surface area contributed by atoms with Crippen LogP contribution < -0.4 is 5.32 Å². The van der Waals surface area contributed by atoms with Crippen LogP contribution in [0.3, 0.4) is 0 Å². The highest BCUT2D eigenvalue weighted by Gasteiger charge is 2.06. The second-order valence-corrected chi connectivity index (χ2v) is 6.03. The molecule has 3 heteroatoms. The Hall–Kier alpha value is -0.670. The summed E-state index contributed by atoms with van der Waals surface area (Å²) in [4.78, 5) is 4.62. The fraction of sp³-hybridized carbons (Fsp3) is 0.667. The van der Waals surface area contributed by atoms with Crippen LogP contribution in [-0.4, -0.2) is 11.5 Å². The molecule has 1 heterocycles. The van der Waals surface area contributed by atoms with E-state index in [1.807, 2.05) is 6.08 Å². The third-order valence-electron chi connectivity index (χ3n) is 3.24. The third-order valence-corrected chi connectivity index (χ3v) is 4.11. The standard InChI is InChI=1S/C15H26N2S/c1-5-7-13(6-2)8-9-16-10-15-17-14(11-18-15)12(3)4/h5,11-13,16H,1,6-10H2,2-4H3. The molecule has 0 aliphatic heterocycles. The Morgan fingerprint density at radius 3 is 2.83 bits per heavy atom. The third kappa shape index (κ3) is 5.32. The van der Waals surface area contributed by atoms with Crippen molar-refractivity contribution in [1.82, 2.24) is 10.3 Å². The lowest BCUT2D eigenvalue weighted by Crippen LogP contribution is -2.17. The van der Waals surface area contributed by atoms with Crippen molar-refractivity contribution in [3.05, 3.63) is 28.7 Å². The molecule has 0 aromatic carbocycles. The smallest absolute Gasteiger partial charge is 0.107 e. The van der Waals surface area contributed by atoms with E-state index in [1.165, 1.54) is 23.5 Å². The Kier molecular flexibility index (Phi) is 7.21. The van der Waals surface area contributed by atoms with E-state index in [1.54, 1.807) is 11.3 Å². The van der Waals surface area contributed by atoms with Gasteiger partial charge < -0.3 is 5.32 Å². The quantitative estimate of drug-likeness (QED) is 0.531. The molecule has 1 rings (SSSR count). The highest BCUT2D eigenvalue weighted by Crippen LogP contribution is 2.17. The second-order valence-electron chi connectivity index (χ2n) is 5.08. The highest BCUT2D eigenvalue weighted by molar-refractivity contribution is 7.09. The van der Waals surface area contributed by atoms with Gasteiger partial charge in [0, 0.05) is 11.9 Å². The molecule has 0 amide bonds. The maximum atomic E-state index is 4.62. The normalized spacial score (nSPS) is 12.9. The first-order chi connectivity index (χ1) is 8.67. The Balaban J connectivity index is 2.22. The molecule has 0 saturated heterocycles. The summed E-state index contributed by atoms with van der Waals surface area (Å²) >= 11 is 1.76. The second kappa shape index (κ2) is 8.44. The van der Waals surface area contributed by atoms with E-state index in [4.69, 9.17) is 0 Å². The van der Waals surface area contributed by atoms with Gasteiger partial charge in [0.05, 0.1) is 5.69 Å². The molecule has 18 heavy (non-hydrogen) atoms. The van der Waals surface area contributed by atoms with Crippen LogP contribution in [-0.2, 0) is 6.54 Å². The molecular formula is C15H26N2S. The van der Waals surface area contributed by atoms with Crippen molar-refractivity contribution in [2.24, 2.45) is 5.92 Å². The van der Waals surface area contributed by atoms with Crippen molar-refractivity contribution in [2.75, 3.05) is 6.54 Å². The first-order valence-corrected chi connectivity index (χ1v) is 7.81. The molecule has 0 fully saturated rings. The van der Waals surface area contributed by atoms with Gasteiger partial charge in [0.2, 0.25) is 0 Å². The van der Waals surface area contributed by atoms with E-state index in [0.717, 1.165) is 25.4 Å². The first-order valence-electron chi connectivity index (χ1n) is 6.93. The van der Waals surface area contributed by atoms with Crippen LogP contribution in [0.1, 0.15) is 56.7 Å². The average molecular weight is 266 g/mol. The van der Waals surface area contributed by atoms with Crippen molar-refractivity contribution in [3.63, 3.8) is 0 Å². The molecule has 0 aliphatic carbocycles. The predicted molar refractivity (Wildman–Crippen MR) is 81.1 cm³/mol. The van der Waals surface area contributed by atoms with E-state index in [0.29, 0.717) is 5.92 Å². The number of allylic oxidation sites excluding steroid dienone is 1. The number of hydrogen-bond acceptors (Lipinski definition) is 3. The van der Waals surface area contributed by atoms with E-state index in [9.17, 15) is 0 Å². The highest BCUT2D eigenvalue weighted by atomic mass is 32.1. The molecule has 0 saturated carbocycles. The first kappa shape index (κ1) is 15.4. The topological polar surface area (TPSA) is 24.9 Å². The largest absolute Gasteiger partial charge is 0.310 e. The molecule has 1 unspecified atom stereocenters. The minimum atomic E-state index is 0.534. The van der Waals surface area contributed by atoms with Crippen molar-refractivity contribution in [1.29, 1.82) is 0 Å². The lowest BCUT2D eigenvalue weighted by atomic mass is 9.99. The van der Waals surface area contributed by atoms with Crippen molar-refractivity contribution < 1.29 is 0 Å². The summed E-state index contributed by atoms with van der Waals surface area (Å²) in [6, 6.07) is 0. The van der Waals surface area contributed by atoms with Gasteiger partial charge in [-0.3, -0.25) is 0 Å². The summed E-state index contributed by atoms with van der Waals surface area (Å²) in [7, 11) is 0. The van der Waals surface area contributed by atoms with Crippen LogP contribution in [0.2, 0.25) is 0 Å². The van der Waals surface area contributed by atoms with E-state index in [2.05, 4.69) is 43.0 Å². The zero-order valence-electron chi connectivity index (χ0n) is 11.9. The van der Waals surface area contributed by atoms with E-state index in [-0.39, 0.29) is 0 Å². The van der Waals surface area contributed by atoms with E-state index < -0.39 is 0 Å². The number of nitrogens with zero attached hydrogens (tertiary/aromatic N) is 1. The average Bonchev–Trinajstić information content (AvgIpc) is 2.82. The summed E-state index contributed by atoms with van der Waals surface area (Å²) in [6.45, 7) is 12.4. The fourth-order valence-electron chi connectivity index (χ4n) is 1.90. The zero-order chi connectivity index (χ0) is 13.4. The van der Waals surface area contributed by atoms with Crippen LogP contribution in [0.25, 0.3) is 0 Å². The number of rotatable bonds is 9. The fourth-order valence-corrected chi connectivity index (χ4v) is 2.82. The molecule has 1 aromatic rings. The zero-order valence-corrected chi connectivity index (χ0v) is 12.7. The summed E-state index contributed by atoms with van der Waals surface area (Å²) < 4.78 is 0. The number of thiazole rings is 1. The molecule has 1 aromatic heterocycles. The summed E-state index contributed by atoms with van der Waals surface area (Å²) in [5, 5.41) is 6.87. The molecule has 0 aliphatic rings. The molecule has 2 nitrogen and oxygen atoms in total. The van der Waals surface area contributed by atoms with Gasteiger partial charge in [-0.1, -0.05) is 33.3 Å². The number of aromatic nitrogens is 1. The number of nitrogens with one attached hydrogen (secondary N) is 1. The minimum Gasteiger partial charge on any atom is -0.310 e. The summed E-state index contributed by atoms with van der Waals surface area (Å²) in [5.74, 6) is 1.31. The molecule has 1 N–H and O–H groups in total. The molecule has 1 atom stereocenters. The summed E-state index contributed by atoms with van der Waals surface area (Å²) in [5.41, 5.74) is 1.22. The predicted octanol–water partition coefficient (Wildman–Crippen LogP) is 4.35. The van der Waals surface area contributed by atoms with Gasteiger partial charge in [-0.2, -0.15) is 0 Å². The van der Waals surface area contributed by atoms with E-state index >= 15 is 0 Å². The van der Waals surface area contributed by atoms with Crippen LogP contribution in [0, 0.1) is 5.92 Å².